The van der Waals surface area contributed by atoms with Crippen molar-refractivity contribution in [2.75, 3.05) is 9.80 Å². The van der Waals surface area contributed by atoms with E-state index in [0.717, 1.165) is 99.5 Å². The van der Waals surface area contributed by atoms with Crippen molar-refractivity contribution in [3.05, 3.63) is 187 Å². The average Bonchev–Trinajstić information content (AvgIpc) is 3.89. The molecule has 4 nitrogen and oxygen atoms in total. The first-order valence-electron chi connectivity index (χ1n) is 23.1. The van der Waals surface area contributed by atoms with Gasteiger partial charge < -0.3 is 18.6 Å². The molecule has 5 heteroatoms. The number of furan rings is 2. The highest BCUT2D eigenvalue weighted by Gasteiger charge is 2.26. The summed E-state index contributed by atoms with van der Waals surface area (Å²) in [6.07, 6.45) is 0. The van der Waals surface area contributed by atoms with Gasteiger partial charge in [-0.2, -0.15) is 0 Å². The number of nitrogens with zero attached hydrogens (tertiary/aromatic N) is 2. The van der Waals surface area contributed by atoms with Gasteiger partial charge in [-0.25, -0.2) is 0 Å². The van der Waals surface area contributed by atoms with Crippen LogP contribution in [0.15, 0.2) is 179 Å². The third-order valence-corrected chi connectivity index (χ3v) is 15.5. The number of hydrogen-bond donors (Lipinski definition) is 0. The van der Waals surface area contributed by atoms with Crippen LogP contribution >= 0.6 is 0 Å². The Kier molecular flexibility index (Phi) is 9.74. The minimum absolute atomic E-state index is 0.440. The topological polar surface area (TPSA) is 32.8 Å². The van der Waals surface area contributed by atoms with Gasteiger partial charge in [-0.05, 0) is 101 Å². The molecule has 11 rings (SSSR count). The van der Waals surface area contributed by atoms with Gasteiger partial charge in [0.1, 0.15) is 11.2 Å². The van der Waals surface area contributed by atoms with Crippen LogP contribution in [0.1, 0.15) is 56.2 Å². The molecule has 11 aromatic rings. The molecule has 0 aliphatic heterocycles. The van der Waals surface area contributed by atoms with E-state index in [0.29, 0.717) is 11.8 Å². The zero-order valence-electron chi connectivity index (χ0n) is 38.5. The van der Waals surface area contributed by atoms with Gasteiger partial charge >= 0.3 is 0 Å². The fourth-order valence-electron chi connectivity index (χ4n) is 9.80. The normalized spacial score (nSPS) is 12.3. The second kappa shape index (κ2) is 15.6. The van der Waals surface area contributed by atoms with Gasteiger partial charge in [-0.1, -0.05) is 155 Å². The number of benzene rings is 9. The SMILES string of the molecule is Cc1ccc(N(c2ccc(C(C)C)cc2)c2cc3oc4c(ccc5c4oc4cc(N(c6ccc(C(C)C)cc6)c6ccc([Si](C)(C)C)cc6)c6ccccc6c45)c3c3ccccc23)cc1. The predicted molar refractivity (Wildman–Crippen MR) is 281 cm³/mol. The molecular weight excluding hydrogens is 809 g/mol. The van der Waals surface area contributed by atoms with Crippen LogP contribution in [0.5, 0.6) is 0 Å². The molecule has 0 radical (unpaired) electrons. The van der Waals surface area contributed by atoms with Gasteiger partial charge in [0.05, 0.1) is 19.4 Å². The largest absolute Gasteiger partial charge is 0.452 e. The predicted octanol–water partition coefficient (Wildman–Crippen LogP) is 17.8. The van der Waals surface area contributed by atoms with E-state index in [1.165, 1.54) is 21.9 Å². The lowest BCUT2D eigenvalue weighted by Crippen LogP contribution is -2.37. The van der Waals surface area contributed by atoms with Crippen LogP contribution in [0.25, 0.3) is 65.4 Å². The van der Waals surface area contributed by atoms with Gasteiger partial charge in [-0.15, -0.1) is 0 Å². The minimum Gasteiger partial charge on any atom is -0.452 e. The van der Waals surface area contributed by atoms with E-state index in [2.05, 4.69) is 234 Å². The summed E-state index contributed by atoms with van der Waals surface area (Å²) in [4.78, 5) is 4.76. The summed E-state index contributed by atoms with van der Waals surface area (Å²) in [7, 11) is -1.51. The highest BCUT2D eigenvalue weighted by molar-refractivity contribution is 6.88. The average molecular weight is 863 g/mol. The molecule has 9 aromatic carbocycles. The molecule has 0 saturated heterocycles. The summed E-state index contributed by atoms with van der Waals surface area (Å²) in [5, 5.41) is 10.3. The van der Waals surface area contributed by atoms with Gasteiger partial charge in [0.15, 0.2) is 11.2 Å². The molecule has 2 aromatic heterocycles. The summed E-state index contributed by atoms with van der Waals surface area (Å²) < 4.78 is 14.2. The molecule has 0 unspecified atom stereocenters. The lowest BCUT2D eigenvalue weighted by molar-refractivity contribution is 0.633. The van der Waals surface area contributed by atoms with Crippen molar-refractivity contribution in [1.82, 2.24) is 0 Å². The van der Waals surface area contributed by atoms with E-state index >= 15 is 0 Å². The van der Waals surface area contributed by atoms with Crippen molar-refractivity contribution in [3.63, 3.8) is 0 Å². The Morgan fingerprint density at radius 3 is 1.12 bits per heavy atom. The van der Waals surface area contributed by atoms with Crippen molar-refractivity contribution in [2.24, 2.45) is 0 Å². The lowest BCUT2D eigenvalue weighted by Gasteiger charge is -2.28. The third-order valence-electron chi connectivity index (χ3n) is 13.4. The lowest BCUT2D eigenvalue weighted by atomic mass is 9.98. The Morgan fingerprint density at radius 2 is 0.754 bits per heavy atom. The van der Waals surface area contributed by atoms with E-state index in [-0.39, 0.29) is 0 Å². The van der Waals surface area contributed by atoms with E-state index in [1.54, 1.807) is 0 Å². The standard InChI is InChI=1S/C60H54N2O2Si/c1-37(2)40-19-25-43(26-20-40)61(42-23-17-39(5)18-24-42)53-35-55-57(49-15-11-9-13-47(49)53)51-33-34-52-58-50-16-12-10-14-48(50)54(36-56(58)64-60(52)59(51)63-55)62(44-27-21-41(22-28-44)38(3)4)45-29-31-46(32-30-45)65(6,7)8/h9-38H,1-8H3. The van der Waals surface area contributed by atoms with Crippen molar-refractivity contribution < 1.29 is 8.83 Å². The van der Waals surface area contributed by atoms with Gasteiger partial charge in [0.25, 0.3) is 0 Å². The zero-order valence-corrected chi connectivity index (χ0v) is 39.5. The first kappa shape index (κ1) is 40.7. The van der Waals surface area contributed by atoms with Crippen LogP contribution in [0.4, 0.5) is 34.1 Å². The Morgan fingerprint density at radius 1 is 0.400 bits per heavy atom. The van der Waals surface area contributed by atoms with Crippen molar-refractivity contribution >= 4 is 113 Å². The molecular formula is C60H54N2O2Si. The summed E-state index contributed by atoms with van der Waals surface area (Å²) in [5.41, 5.74) is 13.5. The van der Waals surface area contributed by atoms with Crippen LogP contribution in [0, 0.1) is 6.92 Å². The Bertz CT molecular complexity index is 3570. The minimum atomic E-state index is -1.51. The van der Waals surface area contributed by atoms with E-state index in [4.69, 9.17) is 8.83 Å². The van der Waals surface area contributed by atoms with Crippen LogP contribution in [0.2, 0.25) is 19.6 Å². The highest BCUT2D eigenvalue weighted by atomic mass is 28.3. The summed E-state index contributed by atoms with van der Waals surface area (Å²) >= 11 is 0. The van der Waals surface area contributed by atoms with Crippen LogP contribution in [-0.4, -0.2) is 8.07 Å². The Balaban J connectivity index is 1.14. The van der Waals surface area contributed by atoms with E-state index in [1.807, 2.05) is 0 Å². The summed E-state index contributed by atoms with van der Waals surface area (Å²) in [5.74, 6) is 0.882. The molecule has 0 fully saturated rings. The molecule has 320 valence electrons. The quantitative estimate of drug-likeness (QED) is 0.135. The van der Waals surface area contributed by atoms with Gasteiger partial charge in [0, 0.05) is 67.2 Å². The number of hydrogen-bond acceptors (Lipinski definition) is 4. The van der Waals surface area contributed by atoms with Gasteiger partial charge in [-0.3, -0.25) is 0 Å². The monoisotopic (exact) mass is 862 g/mol. The second-order valence-electron chi connectivity index (χ2n) is 19.4. The maximum Gasteiger partial charge on any atom is 0.178 e. The fourth-order valence-corrected chi connectivity index (χ4v) is 11.0. The molecule has 0 bridgehead atoms. The van der Waals surface area contributed by atoms with Crippen molar-refractivity contribution in [1.29, 1.82) is 0 Å². The number of anilines is 6. The molecule has 0 aliphatic rings. The molecule has 0 aliphatic carbocycles. The van der Waals surface area contributed by atoms with Crippen molar-refractivity contribution in [2.45, 2.75) is 66.1 Å². The first-order chi connectivity index (χ1) is 31.4. The second-order valence-corrected chi connectivity index (χ2v) is 24.5. The Hall–Kier alpha value is -7.08. The smallest absolute Gasteiger partial charge is 0.178 e. The maximum absolute atomic E-state index is 7.13. The third kappa shape index (κ3) is 6.88. The molecule has 0 N–H and O–H groups in total. The fraction of sp³-hybridized carbons (Fsp3) is 0.167. The molecule has 2 heterocycles. The van der Waals surface area contributed by atoms with Gasteiger partial charge in [0.2, 0.25) is 0 Å². The zero-order chi connectivity index (χ0) is 44.7. The first-order valence-corrected chi connectivity index (χ1v) is 26.6. The molecule has 0 amide bonds. The molecule has 65 heavy (non-hydrogen) atoms. The van der Waals surface area contributed by atoms with Crippen molar-refractivity contribution in [3.8, 4) is 0 Å². The number of aryl methyl sites for hydroxylation is 1. The molecule has 0 atom stereocenters. The summed E-state index contributed by atoms with van der Waals surface area (Å²) in [6, 6.07) is 62.5. The molecule has 0 spiro atoms. The number of rotatable bonds is 9. The molecule has 0 saturated carbocycles. The number of fused-ring (bicyclic) bond motifs is 11. The van der Waals surface area contributed by atoms with Crippen LogP contribution in [0.3, 0.4) is 0 Å². The van der Waals surface area contributed by atoms with Crippen LogP contribution in [-0.2, 0) is 0 Å². The maximum atomic E-state index is 7.13. The Labute approximate surface area is 382 Å². The van der Waals surface area contributed by atoms with Crippen LogP contribution < -0.4 is 15.0 Å². The summed E-state index contributed by atoms with van der Waals surface area (Å²) in [6.45, 7) is 18.3. The highest BCUT2D eigenvalue weighted by Crippen LogP contribution is 2.49. The van der Waals surface area contributed by atoms with E-state index < -0.39 is 8.07 Å². The van der Waals surface area contributed by atoms with E-state index in [9.17, 15) is 0 Å².